The first-order valence-corrected chi connectivity index (χ1v) is 8.29. The standard InChI is InChI=1S/C17H25N3O3/c1-14(19-6-10-22-11-7-19)15-2-4-16(5-3-15)18-17(21)20-8-12-23-13-9-20/h2-5,14H,6-13H2,1H3,(H,18,21)/t14-/m1/s1. The lowest BCUT2D eigenvalue weighted by Crippen LogP contribution is -2.43. The molecule has 1 aromatic carbocycles. The topological polar surface area (TPSA) is 54.0 Å². The van der Waals surface area contributed by atoms with Gasteiger partial charge in [0.05, 0.1) is 26.4 Å². The third-order valence-electron chi connectivity index (χ3n) is 4.54. The molecule has 0 bridgehead atoms. The number of amides is 2. The van der Waals surface area contributed by atoms with Crippen LogP contribution in [-0.4, -0.2) is 68.4 Å². The van der Waals surface area contributed by atoms with Crippen LogP contribution in [0.15, 0.2) is 24.3 Å². The monoisotopic (exact) mass is 319 g/mol. The first kappa shape index (κ1) is 16.2. The van der Waals surface area contributed by atoms with E-state index in [2.05, 4.69) is 29.3 Å². The second-order valence-electron chi connectivity index (χ2n) is 5.98. The molecule has 0 unspecified atom stereocenters. The molecule has 0 radical (unpaired) electrons. The van der Waals surface area contributed by atoms with E-state index < -0.39 is 0 Å². The number of hydrogen-bond donors (Lipinski definition) is 1. The lowest BCUT2D eigenvalue weighted by molar-refractivity contribution is 0.0198. The highest BCUT2D eigenvalue weighted by Crippen LogP contribution is 2.22. The maximum atomic E-state index is 12.2. The Morgan fingerprint density at radius 3 is 2.17 bits per heavy atom. The third-order valence-corrected chi connectivity index (χ3v) is 4.54. The van der Waals surface area contributed by atoms with Gasteiger partial charge in [0.1, 0.15) is 0 Å². The molecule has 1 atom stereocenters. The quantitative estimate of drug-likeness (QED) is 0.925. The van der Waals surface area contributed by atoms with Gasteiger partial charge in [0, 0.05) is 37.9 Å². The van der Waals surface area contributed by atoms with Crippen molar-refractivity contribution in [3.63, 3.8) is 0 Å². The molecule has 1 N–H and O–H groups in total. The second kappa shape index (κ2) is 7.77. The predicted octanol–water partition coefficient (Wildman–Crippen LogP) is 1.94. The van der Waals surface area contributed by atoms with Crippen molar-refractivity contribution >= 4 is 11.7 Å². The zero-order chi connectivity index (χ0) is 16.1. The molecule has 0 saturated carbocycles. The normalized spacial score (nSPS) is 21.0. The number of carbonyl (C=O) groups is 1. The number of nitrogens with zero attached hydrogens (tertiary/aromatic N) is 2. The smallest absolute Gasteiger partial charge is 0.321 e. The summed E-state index contributed by atoms with van der Waals surface area (Å²) >= 11 is 0. The minimum Gasteiger partial charge on any atom is -0.379 e. The van der Waals surface area contributed by atoms with Gasteiger partial charge in [-0.1, -0.05) is 12.1 Å². The van der Waals surface area contributed by atoms with Gasteiger partial charge >= 0.3 is 6.03 Å². The molecule has 2 fully saturated rings. The van der Waals surface area contributed by atoms with E-state index in [1.807, 2.05) is 12.1 Å². The molecule has 1 aromatic rings. The Kier molecular flexibility index (Phi) is 5.48. The fourth-order valence-electron chi connectivity index (χ4n) is 2.99. The Labute approximate surface area is 137 Å². The average Bonchev–Trinajstić information content (AvgIpc) is 2.63. The summed E-state index contributed by atoms with van der Waals surface area (Å²) in [6.45, 7) is 8.29. The van der Waals surface area contributed by atoms with Gasteiger partial charge in [0.2, 0.25) is 0 Å². The van der Waals surface area contributed by atoms with Crippen molar-refractivity contribution < 1.29 is 14.3 Å². The van der Waals surface area contributed by atoms with Gasteiger partial charge in [-0.25, -0.2) is 4.79 Å². The largest absolute Gasteiger partial charge is 0.379 e. The predicted molar refractivity (Wildman–Crippen MR) is 88.7 cm³/mol. The van der Waals surface area contributed by atoms with E-state index in [0.29, 0.717) is 32.3 Å². The number of rotatable bonds is 3. The highest BCUT2D eigenvalue weighted by molar-refractivity contribution is 5.89. The third kappa shape index (κ3) is 4.22. The molecule has 126 valence electrons. The summed E-state index contributed by atoms with van der Waals surface area (Å²) in [5, 5.41) is 2.96. The van der Waals surface area contributed by atoms with Crippen molar-refractivity contribution in [2.45, 2.75) is 13.0 Å². The molecule has 2 aliphatic rings. The molecule has 0 aliphatic carbocycles. The zero-order valence-electron chi connectivity index (χ0n) is 13.7. The van der Waals surface area contributed by atoms with E-state index in [1.165, 1.54) is 5.56 Å². The summed E-state index contributed by atoms with van der Waals surface area (Å²) in [5.41, 5.74) is 2.09. The first-order chi connectivity index (χ1) is 11.2. The van der Waals surface area contributed by atoms with Crippen LogP contribution in [0.25, 0.3) is 0 Å². The minimum atomic E-state index is -0.0534. The molecule has 23 heavy (non-hydrogen) atoms. The molecular weight excluding hydrogens is 294 g/mol. The zero-order valence-corrected chi connectivity index (χ0v) is 13.7. The van der Waals surface area contributed by atoms with Crippen LogP contribution < -0.4 is 5.32 Å². The molecule has 3 rings (SSSR count). The van der Waals surface area contributed by atoms with Gasteiger partial charge in [0.15, 0.2) is 0 Å². The minimum absolute atomic E-state index is 0.0534. The van der Waals surface area contributed by atoms with E-state index in [1.54, 1.807) is 4.90 Å². The van der Waals surface area contributed by atoms with Gasteiger partial charge in [-0.05, 0) is 24.6 Å². The molecule has 6 nitrogen and oxygen atoms in total. The van der Waals surface area contributed by atoms with E-state index in [9.17, 15) is 4.79 Å². The number of hydrogen-bond acceptors (Lipinski definition) is 4. The maximum absolute atomic E-state index is 12.2. The number of morpholine rings is 2. The summed E-state index contributed by atoms with van der Waals surface area (Å²) in [5.74, 6) is 0. The number of nitrogens with one attached hydrogen (secondary N) is 1. The highest BCUT2D eigenvalue weighted by Gasteiger charge is 2.19. The van der Waals surface area contributed by atoms with Crippen molar-refractivity contribution in [1.82, 2.24) is 9.80 Å². The van der Waals surface area contributed by atoms with Gasteiger partial charge in [-0.2, -0.15) is 0 Å². The maximum Gasteiger partial charge on any atom is 0.321 e. The Balaban J connectivity index is 1.56. The highest BCUT2D eigenvalue weighted by atomic mass is 16.5. The Bertz CT molecular complexity index is 508. The molecule has 0 spiro atoms. The van der Waals surface area contributed by atoms with Crippen LogP contribution in [0, 0.1) is 0 Å². The molecular formula is C17H25N3O3. The van der Waals surface area contributed by atoms with Crippen LogP contribution in [0.2, 0.25) is 0 Å². The van der Waals surface area contributed by atoms with Crippen LogP contribution in [0.5, 0.6) is 0 Å². The number of urea groups is 1. The summed E-state index contributed by atoms with van der Waals surface area (Å²) < 4.78 is 10.7. The summed E-state index contributed by atoms with van der Waals surface area (Å²) in [4.78, 5) is 16.4. The average molecular weight is 319 g/mol. The van der Waals surface area contributed by atoms with Crippen molar-refractivity contribution in [2.75, 3.05) is 57.9 Å². The van der Waals surface area contributed by atoms with Gasteiger partial charge in [-0.15, -0.1) is 0 Å². The van der Waals surface area contributed by atoms with Crippen molar-refractivity contribution in [3.8, 4) is 0 Å². The first-order valence-electron chi connectivity index (χ1n) is 8.29. The Morgan fingerprint density at radius 1 is 1.00 bits per heavy atom. The molecule has 2 heterocycles. The molecule has 2 saturated heterocycles. The molecule has 2 aliphatic heterocycles. The fourth-order valence-corrected chi connectivity index (χ4v) is 2.99. The van der Waals surface area contributed by atoms with Gasteiger partial charge in [-0.3, -0.25) is 4.90 Å². The van der Waals surface area contributed by atoms with E-state index in [-0.39, 0.29) is 6.03 Å². The second-order valence-corrected chi connectivity index (χ2v) is 5.98. The van der Waals surface area contributed by atoms with Crippen LogP contribution in [0.3, 0.4) is 0 Å². The van der Waals surface area contributed by atoms with Crippen molar-refractivity contribution in [3.05, 3.63) is 29.8 Å². The van der Waals surface area contributed by atoms with E-state index in [0.717, 1.165) is 32.0 Å². The lowest BCUT2D eigenvalue weighted by Gasteiger charge is -2.32. The lowest BCUT2D eigenvalue weighted by atomic mass is 10.1. The molecule has 2 amide bonds. The molecule has 0 aromatic heterocycles. The summed E-state index contributed by atoms with van der Waals surface area (Å²) in [6.07, 6.45) is 0. The summed E-state index contributed by atoms with van der Waals surface area (Å²) in [6, 6.07) is 8.45. The number of carbonyl (C=O) groups excluding carboxylic acids is 1. The number of ether oxygens (including phenoxy) is 2. The SMILES string of the molecule is C[C@H](c1ccc(NC(=O)N2CCOCC2)cc1)N1CCOCC1. The van der Waals surface area contributed by atoms with Crippen LogP contribution in [0.4, 0.5) is 10.5 Å². The van der Waals surface area contributed by atoms with Gasteiger partial charge in [0.25, 0.3) is 0 Å². The summed E-state index contributed by atoms with van der Waals surface area (Å²) in [7, 11) is 0. The number of anilines is 1. The van der Waals surface area contributed by atoms with Crippen molar-refractivity contribution in [1.29, 1.82) is 0 Å². The molecule has 6 heteroatoms. The Morgan fingerprint density at radius 2 is 1.57 bits per heavy atom. The van der Waals surface area contributed by atoms with E-state index in [4.69, 9.17) is 9.47 Å². The van der Waals surface area contributed by atoms with Crippen LogP contribution in [0.1, 0.15) is 18.5 Å². The van der Waals surface area contributed by atoms with Crippen molar-refractivity contribution in [2.24, 2.45) is 0 Å². The van der Waals surface area contributed by atoms with E-state index >= 15 is 0 Å². The van der Waals surface area contributed by atoms with Crippen LogP contribution >= 0.6 is 0 Å². The fraction of sp³-hybridized carbons (Fsp3) is 0.588. The number of benzene rings is 1. The van der Waals surface area contributed by atoms with Crippen LogP contribution in [-0.2, 0) is 9.47 Å². The Hall–Kier alpha value is -1.63. The van der Waals surface area contributed by atoms with Gasteiger partial charge < -0.3 is 19.7 Å².